The van der Waals surface area contributed by atoms with E-state index >= 15 is 0 Å². The molecule has 76 valence electrons. The van der Waals surface area contributed by atoms with Crippen LogP contribution in [0, 0.1) is 0 Å². The minimum absolute atomic E-state index is 0.0287. The minimum atomic E-state index is -0.0606. The van der Waals surface area contributed by atoms with E-state index in [1.54, 1.807) is 6.20 Å². The minimum Gasteiger partial charge on any atom is -0.327 e. The van der Waals surface area contributed by atoms with Gasteiger partial charge in [0.25, 0.3) is 0 Å². The third-order valence-electron chi connectivity index (χ3n) is 1.96. The van der Waals surface area contributed by atoms with Gasteiger partial charge in [-0.3, -0.25) is 9.78 Å². The Bertz CT molecular complexity index is 287. The summed E-state index contributed by atoms with van der Waals surface area (Å²) < 4.78 is 0. The molecule has 1 unspecified atom stereocenters. The van der Waals surface area contributed by atoms with Gasteiger partial charge in [-0.05, 0) is 6.42 Å². The van der Waals surface area contributed by atoms with Crippen molar-refractivity contribution in [3.63, 3.8) is 0 Å². The maximum atomic E-state index is 11.5. The number of rotatable bonds is 5. The summed E-state index contributed by atoms with van der Waals surface area (Å²) in [5.74, 6) is -0.0287. The quantitative estimate of drug-likeness (QED) is 0.713. The lowest BCUT2D eigenvalue weighted by atomic mass is 10.1. The molecule has 1 aromatic rings. The van der Waals surface area contributed by atoms with Crippen LogP contribution < -0.4 is 5.73 Å². The second-order valence-electron chi connectivity index (χ2n) is 3.27. The first-order chi connectivity index (χ1) is 6.74. The van der Waals surface area contributed by atoms with Gasteiger partial charge in [0, 0.05) is 24.9 Å². The summed E-state index contributed by atoms with van der Waals surface area (Å²) in [6, 6.07) is -0.0606. The highest BCUT2D eigenvalue weighted by atomic mass is 16.1. The van der Waals surface area contributed by atoms with Crippen LogP contribution in [0.3, 0.4) is 0 Å². The largest absolute Gasteiger partial charge is 0.327 e. The highest BCUT2D eigenvalue weighted by molar-refractivity contribution is 5.94. The van der Waals surface area contributed by atoms with Crippen molar-refractivity contribution in [2.24, 2.45) is 5.73 Å². The molecule has 1 heterocycles. The summed E-state index contributed by atoms with van der Waals surface area (Å²) in [5, 5.41) is 0. The lowest BCUT2D eigenvalue weighted by Crippen LogP contribution is -2.23. The van der Waals surface area contributed by atoms with E-state index in [4.69, 9.17) is 5.73 Å². The first-order valence-electron chi connectivity index (χ1n) is 4.78. The molecule has 0 bridgehead atoms. The predicted molar refractivity (Wildman–Crippen MR) is 53.9 cm³/mol. The molecule has 1 aromatic heterocycles. The molecule has 4 nitrogen and oxygen atoms in total. The van der Waals surface area contributed by atoms with Gasteiger partial charge in [-0.1, -0.05) is 13.3 Å². The van der Waals surface area contributed by atoms with E-state index in [1.165, 1.54) is 12.4 Å². The molecule has 0 saturated carbocycles. The van der Waals surface area contributed by atoms with E-state index in [0.29, 0.717) is 12.1 Å². The Hall–Kier alpha value is -1.29. The molecule has 0 fully saturated rings. The number of carbonyl (C=O) groups excluding carboxylic acids is 1. The Balaban J connectivity index is 2.51. The summed E-state index contributed by atoms with van der Waals surface area (Å²) in [4.78, 5) is 19.3. The zero-order valence-electron chi connectivity index (χ0n) is 8.31. The van der Waals surface area contributed by atoms with Crippen LogP contribution in [0.4, 0.5) is 0 Å². The second kappa shape index (κ2) is 5.44. The highest BCUT2D eigenvalue weighted by Gasteiger charge is 2.11. The zero-order valence-corrected chi connectivity index (χ0v) is 8.31. The average Bonchev–Trinajstić information content (AvgIpc) is 2.19. The molecular formula is C10H15N3O. The van der Waals surface area contributed by atoms with Crippen molar-refractivity contribution in [2.75, 3.05) is 0 Å². The third kappa shape index (κ3) is 3.22. The van der Waals surface area contributed by atoms with E-state index in [0.717, 1.165) is 12.8 Å². The molecule has 4 heteroatoms. The molecule has 0 saturated heterocycles. The maximum absolute atomic E-state index is 11.5. The van der Waals surface area contributed by atoms with Gasteiger partial charge in [0.2, 0.25) is 0 Å². The smallest absolute Gasteiger partial charge is 0.184 e. The van der Waals surface area contributed by atoms with Gasteiger partial charge in [0.1, 0.15) is 5.69 Å². The van der Waals surface area contributed by atoms with E-state index in [1.807, 2.05) is 6.92 Å². The number of hydrogen-bond donors (Lipinski definition) is 1. The fourth-order valence-corrected chi connectivity index (χ4v) is 1.26. The molecule has 1 atom stereocenters. The molecule has 2 N–H and O–H groups in total. The van der Waals surface area contributed by atoms with Gasteiger partial charge in [-0.25, -0.2) is 4.98 Å². The standard InChI is InChI=1S/C10H15N3O/c1-2-3-8(11)6-10(14)9-7-12-4-5-13-9/h4-5,7-8H,2-3,6,11H2,1H3. The number of hydrogen-bond acceptors (Lipinski definition) is 4. The van der Waals surface area contributed by atoms with Crippen molar-refractivity contribution in [1.82, 2.24) is 9.97 Å². The van der Waals surface area contributed by atoms with Crippen LogP contribution in [0.15, 0.2) is 18.6 Å². The Morgan fingerprint density at radius 1 is 1.57 bits per heavy atom. The van der Waals surface area contributed by atoms with Crippen molar-refractivity contribution in [3.05, 3.63) is 24.3 Å². The zero-order chi connectivity index (χ0) is 10.4. The maximum Gasteiger partial charge on any atom is 0.184 e. The summed E-state index contributed by atoms with van der Waals surface area (Å²) >= 11 is 0. The summed E-state index contributed by atoms with van der Waals surface area (Å²) in [6.07, 6.45) is 6.75. The molecule has 1 rings (SSSR count). The molecule has 0 aromatic carbocycles. The molecule has 0 spiro atoms. The molecule has 0 aliphatic rings. The van der Waals surface area contributed by atoms with Crippen LogP contribution in [0.5, 0.6) is 0 Å². The number of nitrogens with zero attached hydrogens (tertiary/aromatic N) is 2. The van der Waals surface area contributed by atoms with Crippen molar-refractivity contribution in [2.45, 2.75) is 32.2 Å². The van der Waals surface area contributed by atoms with Crippen LogP contribution >= 0.6 is 0 Å². The van der Waals surface area contributed by atoms with E-state index in [9.17, 15) is 4.79 Å². The summed E-state index contributed by atoms with van der Waals surface area (Å²) in [6.45, 7) is 2.05. The number of aromatic nitrogens is 2. The van der Waals surface area contributed by atoms with Crippen LogP contribution in [0.2, 0.25) is 0 Å². The number of Topliss-reactive ketones (excluding diaryl/α,β-unsaturated/α-hetero) is 1. The lowest BCUT2D eigenvalue weighted by Gasteiger charge is -2.07. The first-order valence-corrected chi connectivity index (χ1v) is 4.78. The highest BCUT2D eigenvalue weighted by Crippen LogP contribution is 2.03. The van der Waals surface area contributed by atoms with Crippen molar-refractivity contribution >= 4 is 5.78 Å². The Morgan fingerprint density at radius 2 is 2.36 bits per heavy atom. The van der Waals surface area contributed by atoms with Gasteiger partial charge in [-0.2, -0.15) is 0 Å². The van der Waals surface area contributed by atoms with Crippen molar-refractivity contribution < 1.29 is 4.79 Å². The Labute approximate surface area is 83.6 Å². The molecule has 0 aliphatic heterocycles. The van der Waals surface area contributed by atoms with Crippen LogP contribution in [0.1, 0.15) is 36.7 Å². The van der Waals surface area contributed by atoms with E-state index in [2.05, 4.69) is 9.97 Å². The lowest BCUT2D eigenvalue weighted by molar-refractivity contribution is 0.0968. The molecule has 0 radical (unpaired) electrons. The Morgan fingerprint density at radius 3 is 2.93 bits per heavy atom. The van der Waals surface area contributed by atoms with Crippen molar-refractivity contribution in [3.8, 4) is 0 Å². The number of carbonyl (C=O) groups is 1. The van der Waals surface area contributed by atoms with Crippen LogP contribution in [0.25, 0.3) is 0 Å². The van der Waals surface area contributed by atoms with Crippen LogP contribution in [-0.2, 0) is 0 Å². The van der Waals surface area contributed by atoms with Gasteiger partial charge < -0.3 is 5.73 Å². The molecule has 0 amide bonds. The molecule has 14 heavy (non-hydrogen) atoms. The summed E-state index contributed by atoms with van der Waals surface area (Å²) in [7, 11) is 0. The van der Waals surface area contributed by atoms with Crippen molar-refractivity contribution in [1.29, 1.82) is 0 Å². The van der Waals surface area contributed by atoms with E-state index < -0.39 is 0 Å². The van der Waals surface area contributed by atoms with Gasteiger partial charge >= 0.3 is 0 Å². The SMILES string of the molecule is CCCC(N)CC(=O)c1cnccn1. The second-order valence-corrected chi connectivity index (χ2v) is 3.27. The Kier molecular flexibility index (Phi) is 4.19. The number of nitrogens with two attached hydrogens (primary N) is 1. The fraction of sp³-hybridized carbons (Fsp3) is 0.500. The first kappa shape index (κ1) is 10.8. The van der Waals surface area contributed by atoms with Gasteiger partial charge in [0.05, 0.1) is 6.20 Å². The molecule has 0 aliphatic carbocycles. The van der Waals surface area contributed by atoms with Crippen LogP contribution in [-0.4, -0.2) is 21.8 Å². The molecular weight excluding hydrogens is 178 g/mol. The number of ketones is 1. The topological polar surface area (TPSA) is 68.9 Å². The fourth-order valence-electron chi connectivity index (χ4n) is 1.26. The van der Waals surface area contributed by atoms with Gasteiger partial charge in [0.15, 0.2) is 5.78 Å². The monoisotopic (exact) mass is 193 g/mol. The van der Waals surface area contributed by atoms with Gasteiger partial charge in [-0.15, -0.1) is 0 Å². The average molecular weight is 193 g/mol. The summed E-state index contributed by atoms with van der Waals surface area (Å²) in [5.41, 5.74) is 6.16. The van der Waals surface area contributed by atoms with E-state index in [-0.39, 0.29) is 11.8 Å². The third-order valence-corrected chi connectivity index (χ3v) is 1.96. The predicted octanol–water partition coefficient (Wildman–Crippen LogP) is 1.18. The normalized spacial score (nSPS) is 12.4.